The standard InChI is InChI=1S/C11H16N4O3/c1-3-4-5-13-8-9(12)15(6-7-18-2)11(17)14-10(8)16/h13H,5-7,12H2,1-2H3,(H,14,16,17). The molecule has 0 radical (unpaired) electrons. The zero-order chi connectivity index (χ0) is 13.5. The van der Waals surface area contributed by atoms with E-state index in [1.54, 1.807) is 6.92 Å². The van der Waals surface area contributed by atoms with Crippen molar-refractivity contribution in [2.45, 2.75) is 13.5 Å². The highest BCUT2D eigenvalue weighted by molar-refractivity contribution is 5.60. The second-order valence-corrected chi connectivity index (χ2v) is 3.44. The molecule has 18 heavy (non-hydrogen) atoms. The molecule has 0 spiro atoms. The van der Waals surface area contributed by atoms with Gasteiger partial charge in [0.15, 0.2) is 0 Å². The molecule has 98 valence electrons. The number of nitrogen functional groups attached to an aromatic ring is 1. The number of hydrogen-bond donors (Lipinski definition) is 3. The molecule has 0 bridgehead atoms. The van der Waals surface area contributed by atoms with E-state index in [2.05, 4.69) is 22.1 Å². The first kappa shape index (κ1) is 13.9. The second-order valence-electron chi connectivity index (χ2n) is 3.44. The lowest BCUT2D eigenvalue weighted by molar-refractivity contribution is 0.186. The minimum atomic E-state index is -0.554. The van der Waals surface area contributed by atoms with E-state index in [1.165, 1.54) is 11.7 Å². The van der Waals surface area contributed by atoms with Gasteiger partial charge in [-0.25, -0.2) is 4.79 Å². The van der Waals surface area contributed by atoms with Crippen LogP contribution in [0.1, 0.15) is 6.92 Å². The Morgan fingerprint density at radius 3 is 2.83 bits per heavy atom. The third-order valence-electron chi connectivity index (χ3n) is 2.29. The average Bonchev–Trinajstić information content (AvgIpc) is 2.33. The quantitative estimate of drug-likeness (QED) is 0.595. The molecule has 0 amide bonds. The summed E-state index contributed by atoms with van der Waals surface area (Å²) >= 11 is 0. The monoisotopic (exact) mass is 252 g/mol. The van der Waals surface area contributed by atoms with Gasteiger partial charge in [0, 0.05) is 7.11 Å². The van der Waals surface area contributed by atoms with E-state index in [9.17, 15) is 9.59 Å². The number of nitrogens with one attached hydrogen (secondary N) is 2. The summed E-state index contributed by atoms with van der Waals surface area (Å²) in [5.41, 5.74) is 4.83. The lowest BCUT2D eigenvalue weighted by Gasteiger charge is -2.12. The van der Waals surface area contributed by atoms with Crippen LogP contribution in [0.2, 0.25) is 0 Å². The smallest absolute Gasteiger partial charge is 0.330 e. The Balaban J connectivity index is 3.12. The Morgan fingerprint density at radius 2 is 2.22 bits per heavy atom. The van der Waals surface area contributed by atoms with Crippen molar-refractivity contribution >= 4 is 11.5 Å². The summed E-state index contributed by atoms with van der Waals surface area (Å²) < 4.78 is 6.12. The van der Waals surface area contributed by atoms with Crippen LogP contribution in [0.25, 0.3) is 0 Å². The van der Waals surface area contributed by atoms with Crippen LogP contribution in [0.5, 0.6) is 0 Å². The zero-order valence-corrected chi connectivity index (χ0v) is 10.4. The van der Waals surface area contributed by atoms with E-state index in [0.29, 0.717) is 6.61 Å². The van der Waals surface area contributed by atoms with E-state index in [1.807, 2.05) is 0 Å². The molecule has 0 unspecified atom stereocenters. The molecule has 7 nitrogen and oxygen atoms in total. The van der Waals surface area contributed by atoms with Gasteiger partial charge in [-0.3, -0.25) is 14.3 Å². The highest BCUT2D eigenvalue weighted by Gasteiger charge is 2.10. The number of aromatic amines is 1. The topological polar surface area (TPSA) is 102 Å². The van der Waals surface area contributed by atoms with Gasteiger partial charge < -0.3 is 15.8 Å². The first-order valence-electron chi connectivity index (χ1n) is 5.36. The lowest BCUT2D eigenvalue weighted by Crippen LogP contribution is -2.35. The number of methoxy groups -OCH3 is 1. The minimum Gasteiger partial charge on any atom is -0.383 e. The maximum atomic E-state index is 11.6. The summed E-state index contributed by atoms with van der Waals surface area (Å²) in [6, 6.07) is 0. The summed E-state index contributed by atoms with van der Waals surface area (Å²) in [6.07, 6.45) is 0. The highest BCUT2D eigenvalue weighted by atomic mass is 16.5. The number of ether oxygens (including phenoxy) is 1. The number of aromatic nitrogens is 2. The van der Waals surface area contributed by atoms with Crippen LogP contribution in [-0.4, -0.2) is 29.8 Å². The van der Waals surface area contributed by atoms with Crippen molar-refractivity contribution in [3.63, 3.8) is 0 Å². The van der Waals surface area contributed by atoms with Gasteiger partial charge >= 0.3 is 5.69 Å². The SMILES string of the molecule is CC#CCNc1c(N)n(CCOC)c(=O)[nH]c1=O. The van der Waals surface area contributed by atoms with Crippen molar-refractivity contribution in [3.05, 3.63) is 20.8 Å². The fourth-order valence-electron chi connectivity index (χ4n) is 1.38. The van der Waals surface area contributed by atoms with Gasteiger partial charge in [0.25, 0.3) is 5.56 Å². The molecule has 4 N–H and O–H groups in total. The van der Waals surface area contributed by atoms with Crippen molar-refractivity contribution in [1.82, 2.24) is 9.55 Å². The predicted octanol–water partition coefficient (Wildman–Crippen LogP) is -0.800. The van der Waals surface area contributed by atoms with E-state index in [-0.39, 0.29) is 24.6 Å². The molecule has 0 atom stereocenters. The Bertz CT molecular complexity index is 577. The molecule has 1 heterocycles. The summed E-state index contributed by atoms with van der Waals surface area (Å²) in [4.78, 5) is 25.3. The van der Waals surface area contributed by atoms with Gasteiger partial charge in [0.05, 0.1) is 19.7 Å². The summed E-state index contributed by atoms with van der Waals surface area (Å²) in [6.45, 7) is 2.57. The molecule has 7 heteroatoms. The van der Waals surface area contributed by atoms with Crippen LogP contribution < -0.4 is 22.3 Å². The molecule has 0 aliphatic rings. The first-order chi connectivity index (χ1) is 8.61. The van der Waals surface area contributed by atoms with Crippen molar-refractivity contribution in [3.8, 4) is 11.8 Å². The van der Waals surface area contributed by atoms with Gasteiger partial charge in [-0.2, -0.15) is 0 Å². The lowest BCUT2D eigenvalue weighted by atomic mass is 10.4. The van der Waals surface area contributed by atoms with Crippen molar-refractivity contribution < 1.29 is 4.74 Å². The Labute approximate surface area is 104 Å². The maximum absolute atomic E-state index is 11.6. The van der Waals surface area contributed by atoms with Crippen LogP contribution in [-0.2, 0) is 11.3 Å². The molecule has 1 aromatic rings. The molecule has 0 saturated carbocycles. The normalized spacial score (nSPS) is 9.67. The number of H-pyrrole nitrogens is 1. The van der Waals surface area contributed by atoms with E-state index >= 15 is 0 Å². The predicted molar refractivity (Wildman–Crippen MR) is 69.6 cm³/mol. The van der Waals surface area contributed by atoms with E-state index < -0.39 is 11.2 Å². The third-order valence-corrected chi connectivity index (χ3v) is 2.29. The number of rotatable bonds is 5. The molecule has 0 aliphatic heterocycles. The molecular weight excluding hydrogens is 236 g/mol. The van der Waals surface area contributed by atoms with Crippen LogP contribution in [0, 0.1) is 11.8 Å². The molecule has 0 aliphatic carbocycles. The Hall–Kier alpha value is -2.20. The van der Waals surface area contributed by atoms with Crippen LogP contribution >= 0.6 is 0 Å². The van der Waals surface area contributed by atoms with Crippen molar-refractivity contribution in [2.75, 3.05) is 31.3 Å². The largest absolute Gasteiger partial charge is 0.383 e. The average molecular weight is 252 g/mol. The van der Waals surface area contributed by atoms with Gasteiger partial charge in [0.2, 0.25) is 0 Å². The maximum Gasteiger partial charge on any atom is 0.330 e. The zero-order valence-electron chi connectivity index (χ0n) is 10.4. The fourth-order valence-corrected chi connectivity index (χ4v) is 1.38. The van der Waals surface area contributed by atoms with Crippen molar-refractivity contribution in [2.24, 2.45) is 0 Å². The van der Waals surface area contributed by atoms with Gasteiger partial charge in [-0.05, 0) is 6.92 Å². The third kappa shape index (κ3) is 3.15. The minimum absolute atomic E-state index is 0.0821. The number of anilines is 2. The fraction of sp³-hybridized carbons (Fsp3) is 0.455. The van der Waals surface area contributed by atoms with E-state index in [0.717, 1.165) is 0 Å². The van der Waals surface area contributed by atoms with Crippen LogP contribution in [0.3, 0.4) is 0 Å². The summed E-state index contributed by atoms with van der Waals surface area (Å²) in [5, 5.41) is 2.78. The number of hydrogen-bond acceptors (Lipinski definition) is 5. The highest BCUT2D eigenvalue weighted by Crippen LogP contribution is 2.08. The van der Waals surface area contributed by atoms with E-state index in [4.69, 9.17) is 10.5 Å². The Morgan fingerprint density at radius 1 is 1.50 bits per heavy atom. The molecule has 0 fully saturated rings. The number of nitrogens with two attached hydrogens (primary N) is 1. The van der Waals surface area contributed by atoms with Gasteiger partial charge in [0.1, 0.15) is 11.5 Å². The van der Waals surface area contributed by atoms with Gasteiger partial charge in [-0.15, -0.1) is 5.92 Å². The molecule has 1 aromatic heterocycles. The summed E-state index contributed by atoms with van der Waals surface area (Å²) in [7, 11) is 1.52. The Kier molecular flexibility index (Phi) is 5.02. The molecule has 1 rings (SSSR count). The molecular formula is C11H16N4O3. The van der Waals surface area contributed by atoms with Crippen LogP contribution in [0.15, 0.2) is 9.59 Å². The van der Waals surface area contributed by atoms with Crippen LogP contribution in [0.4, 0.5) is 11.5 Å². The molecule has 0 aromatic carbocycles. The first-order valence-corrected chi connectivity index (χ1v) is 5.36. The van der Waals surface area contributed by atoms with Crippen molar-refractivity contribution in [1.29, 1.82) is 0 Å². The molecule has 0 saturated heterocycles. The second kappa shape index (κ2) is 6.51. The van der Waals surface area contributed by atoms with Gasteiger partial charge in [-0.1, -0.05) is 5.92 Å². The summed E-state index contributed by atoms with van der Waals surface area (Å²) in [5.74, 6) is 5.51. The number of nitrogens with zero attached hydrogens (tertiary/aromatic N) is 1.